The third-order valence-electron chi connectivity index (χ3n) is 2.75. The van der Waals surface area contributed by atoms with Gasteiger partial charge in [-0.25, -0.2) is 0 Å². The van der Waals surface area contributed by atoms with E-state index in [9.17, 15) is 4.79 Å². The lowest BCUT2D eigenvalue weighted by Gasteiger charge is -2.16. The molecule has 0 N–H and O–H groups in total. The quantitative estimate of drug-likeness (QED) is 0.857. The maximum atomic E-state index is 11.3. The lowest BCUT2D eigenvalue weighted by atomic mass is 9.93. The van der Waals surface area contributed by atoms with Gasteiger partial charge in [0, 0.05) is 6.42 Å². The van der Waals surface area contributed by atoms with Crippen molar-refractivity contribution in [1.29, 1.82) is 0 Å². The summed E-state index contributed by atoms with van der Waals surface area (Å²) in [6.45, 7) is 6.05. The number of fused-ring (bicyclic) bond motifs is 1. The standard InChI is InChI=1S/C13H15BrO3/c1-7(2)11-9(4-8(3)15)5-10-13(12(11)14)17-6-16-10/h5,7H,4,6H2,1-3H3. The molecule has 17 heavy (non-hydrogen) atoms. The zero-order chi connectivity index (χ0) is 12.6. The molecule has 0 saturated carbocycles. The van der Waals surface area contributed by atoms with Crippen LogP contribution < -0.4 is 9.47 Å². The van der Waals surface area contributed by atoms with Gasteiger partial charge < -0.3 is 9.47 Å². The van der Waals surface area contributed by atoms with Crippen LogP contribution in [0, 0.1) is 0 Å². The van der Waals surface area contributed by atoms with Crippen LogP contribution in [0.1, 0.15) is 37.8 Å². The van der Waals surface area contributed by atoms with Crippen LogP contribution in [-0.2, 0) is 11.2 Å². The van der Waals surface area contributed by atoms with Crippen molar-refractivity contribution in [3.05, 3.63) is 21.7 Å². The van der Waals surface area contributed by atoms with Crippen LogP contribution in [0.4, 0.5) is 0 Å². The molecule has 0 bridgehead atoms. The van der Waals surface area contributed by atoms with Crippen LogP contribution in [0.15, 0.2) is 10.5 Å². The number of ether oxygens (including phenoxy) is 2. The summed E-state index contributed by atoms with van der Waals surface area (Å²) in [5, 5.41) is 0. The van der Waals surface area contributed by atoms with Gasteiger partial charge in [0.05, 0.1) is 4.47 Å². The van der Waals surface area contributed by atoms with Gasteiger partial charge in [-0.3, -0.25) is 4.79 Å². The van der Waals surface area contributed by atoms with E-state index in [1.807, 2.05) is 6.07 Å². The maximum absolute atomic E-state index is 11.3. The van der Waals surface area contributed by atoms with Gasteiger partial charge in [0.2, 0.25) is 6.79 Å². The molecule has 0 radical (unpaired) electrons. The number of carbonyl (C=O) groups is 1. The summed E-state index contributed by atoms with van der Waals surface area (Å²) in [5.41, 5.74) is 2.15. The fourth-order valence-corrected chi connectivity index (χ4v) is 3.13. The third kappa shape index (κ3) is 2.32. The average molecular weight is 299 g/mol. The fourth-order valence-electron chi connectivity index (χ4n) is 2.11. The van der Waals surface area contributed by atoms with Gasteiger partial charge in [-0.15, -0.1) is 0 Å². The number of hydrogen-bond donors (Lipinski definition) is 0. The zero-order valence-electron chi connectivity index (χ0n) is 10.2. The summed E-state index contributed by atoms with van der Waals surface area (Å²) in [6.07, 6.45) is 0.433. The largest absolute Gasteiger partial charge is 0.454 e. The molecule has 0 spiro atoms. The minimum Gasteiger partial charge on any atom is -0.454 e. The van der Waals surface area contributed by atoms with E-state index in [1.165, 1.54) is 0 Å². The number of ketones is 1. The molecule has 0 aromatic heterocycles. The van der Waals surface area contributed by atoms with Gasteiger partial charge >= 0.3 is 0 Å². The first-order valence-corrected chi connectivity index (χ1v) is 6.40. The van der Waals surface area contributed by atoms with E-state index in [-0.39, 0.29) is 12.6 Å². The van der Waals surface area contributed by atoms with Gasteiger partial charge in [-0.2, -0.15) is 0 Å². The predicted molar refractivity (Wildman–Crippen MR) is 68.7 cm³/mol. The lowest BCUT2D eigenvalue weighted by molar-refractivity contribution is -0.116. The minimum absolute atomic E-state index is 0.151. The van der Waals surface area contributed by atoms with E-state index in [2.05, 4.69) is 29.8 Å². The second-order valence-electron chi connectivity index (χ2n) is 4.53. The van der Waals surface area contributed by atoms with E-state index in [4.69, 9.17) is 9.47 Å². The Labute approximate surface area is 109 Å². The zero-order valence-corrected chi connectivity index (χ0v) is 11.8. The van der Waals surface area contributed by atoms with Crippen LogP contribution in [0.5, 0.6) is 11.5 Å². The second-order valence-corrected chi connectivity index (χ2v) is 5.32. The molecule has 1 aromatic carbocycles. The summed E-state index contributed by atoms with van der Waals surface area (Å²) >= 11 is 3.56. The molecule has 1 aliphatic heterocycles. The van der Waals surface area contributed by atoms with Crippen molar-refractivity contribution in [1.82, 2.24) is 0 Å². The number of hydrogen-bond acceptors (Lipinski definition) is 3. The van der Waals surface area contributed by atoms with Crippen molar-refractivity contribution >= 4 is 21.7 Å². The highest BCUT2D eigenvalue weighted by molar-refractivity contribution is 9.10. The summed E-state index contributed by atoms with van der Waals surface area (Å²) in [6, 6.07) is 1.92. The van der Waals surface area contributed by atoms with E-state index in [0.717, 1.165) is 27.1 Å². The first-order valence-electron chi connectivity index (χ1n) is 5.61. The number of benzene rings is 1. The second kappa shape index (κ2) is 4.69. The molecule has 1 heterocycles. The first-order chi connectivity index (χ1) is 8.00. The van der Waals surface area contributed by atoms with Gasteiger partial charge in [0.25, 0.3) is 0 Å². The Bertz CT molecular complexity index is 466. The van der Waals surface area contributed by atoms with Crippen LogP contribution >= 0.6 is 15.9 Å². The first kappa shape index (κ1) is 12.4. The summed E-state index contributed by atoms with van der Waals surface area (Å²) in [5.74, 6) is 1.95. The SMILES string of the molecule is CC(=O)Cc1cc2c(c(Br)c1C(C)C)OCO2. The Balaban J connectivity index is 2.57. The molecule has 1 aliphatic rings. The molecule has 4 heteroatoms. The molecule has 0 atom stereocenters. The normalized spacial score (nSPS) is 13.2. The highest BCUT2D eigenvalue weighted by atomic mass is 79.9. The van der Waals surface area contributed by atoms with Crippen molar-refractivity contribution in [3.8, 4) is 11.5 Å². The van der Waals surface area contributed by atoms with Crippen molar-refractivity contribution in [2.75, 3.05) is 6.79 Å². The number of rotatable bonds is 3. The molecule has 3 nitrogen and oxygen atoms in total. The van der Waals surface area contributed by atoms with Crippen LogP contribution in [0.2, 0.25) is 0 Å². The Morgan fingerprint density at radius 1 is 1.47 bits per heavy atom. The molecule has 0 amide bonds. The number of halogens is 1. The monoisotopic (exact) mass is 298 g/mol. The minimum atomic E-state index is 0.151. The number of Topliss-reactive ketones (excluding diaryl/α,β-unsaturated/α-hetero) is 1. The molecule has 0 aliphatic carbocycles. The fraction of sp³-hybridized carbons (Fsp3) is 0.462. The van der Waals surface area contributed by atoms with Crippen LogP contribution in [0.25, 0.3) is 0 Å². The van der Waals surface area contributed by atoms with Crippen molar-refractivity contribution < 1.29 is 14.3 Å². The van der Waals surface area contributed by atoms with Crippen LogP contribution in [-0.4, -0.2) is 12.6 Å². The molecule has 92 valence electrons. The average Bonchev–Trinajstić information content (AvgIpc) is 2.64. The Kier molecular flexibility index (Phi) is 3.43. The smallest absolute Gasteiger partial charge is 0.231 e. The lowest BCUT2D eigenvalue weighted by Crippen LogP contribution is -2.04. The topological polar surface area (TPSA) is 35.5 Å². The van der Waals surface area contributed by atoms with Crippen molar-refractivity contribution in [2.24, 2.45) is 0 Å². The summed E-state index contributed by atoms with van der Waals surface area (Å²) in [4.78, 5) is 11.3. The van der Waals surface area contributed by atoms with E-state index in [1.54, 1.807) is 6.92 Å². The van der Waals surface area contributed by atoms with E-state index < -0.39 is 0 Å². The molecule has 1 aromatic rings. The van der Waals surface area contributed by atoms with Gasteiger partial charge in [-0.1, -0.05) is 13.8 Å². The molecule has 0 saturated heterocycles. The van der Waals surface area contributed by atoms with Gasteiger partial charge in [0.1, 0.15) is 5.78 Å². The number of carbonyl (C=O) groups excluding carboxylic acids is 1. The molecular formula is C13H15BrO3. The molecule has 0 unspecified atom stereocenters. The van der Waals surface area contributed by atoms with Gasteiger partial charge in [-0.05, 0) is 46.0 Å². The van der Waals surface area contributed by atoms with Crippen LogP contribution in [0.3, 0.4) is 0 Å². The molecule has 0 fully saturated rings. The van der Waals surface area contributed by atoms with Gasteiger partial charge in [0.15, 0.2) is 11.5 Å². The maximum Gasteiger partial charge on any atom is 0.231 e. The highest BCUT2D eigenvalue weighted by Crippen LogP contribution is 2.45. The van der Waals surface area contributed by atoms with Crippen molar-refractivity contribution in [2.45, 2.75) is 33.1 Å². The summed E-state index contributed by atoms with van der Waals surface area (Å²) in [7, 11) is 0. The predicted octanol–water partition coefficient (Wildman–Crippen LogP) is 3.43. The Morgan fingerprint density at radius 3 is 2.76 bits per heavy atom. The molecular weight excluding hydrogens is 284 g/mol. The highest BCUT2D eigenvalue weighted by Gasteiger charge is 2.24. The molecule has 2 rings (SSSR count). The Hall–Kier alpha value is -1.03. The van der Waals surface area contributed by atoms with Crippen molar-refractivity contribution in [3.63, 3.8) is 0 Å². The third-order valence-corrected chi connectivity index (χ3v) is 3.53. The Morgan fingerprint density at radius 2 is 2.18 bits per heavy atom. The summed E-state index contributed by atoms with van der Waals surface area (Å²) < 4.78 is 11.7. The van der Waals surface area contributed by atoms with E-state index >= 15 is 0 Å². The van der Waals surface area contributed by atoms with E-state index in [0.29, 0.717) is 12.3 Å².